The van der Waals surface area contributed by atoms with Crippen LogP contribution in [0.3, 0.4) is 0 Å². The Bertz CT molecular complexity index is 998. The van der Waals surface area contributed by atoms with Crippen molar-refractivity contribution in [1.82, 2.24) is 19.8 Å². The van der Waals surface area contributed by atoms with Crippen LogP contribution in [0, 0.1) is 3.57 Å². The smallest absolute Gasteiger partial charge is 0.245 e. The maximum absolute atomic E-state index is 13.8. The second kappa shape index (κ2) is 9.96. The first-order valence-corrected chi connectivity index (χ1v) is 12.1. The SMILES string of the molecule is CCN(CC)[C@@H](C(=O)N1CCC[C@H]1c1ncc(-c2ccc(I)cc2)[nH]1)c1ccccc1. The molecule has 1 N–H and O–H groups in total. The largest absolute Gasteiger partial charge is 0.340 e. The lowest BCUT2D eigenvalue weighted by atomic mass is 10.0. The predicted molar refractivity (Wildman–Crippen MR) is 133 cm³/mol. The third-order valence-electron chi connectivity index (χ3n) is 6.13. The highest BCUT2D eigenvalue weighted by atomic mass is 127. The molecule has 1 aromatic heterocycles. The van der Waals surface area contributed by atoms with Crippen molar-refractivity contribution in [3.05, 3.63) is 75.8 Å². The van der Waals surface area contributed by atoms with Crippen molar-refractivity contribution < 1.29 is 4.79 Å². The molecule has 0 saturated carbocycles. The molecule has 5 nitrogen and oxygen atoms in total. The minimum Gasteiger partial charge on any atom is -0.340 e. The molecule has 0 bridgehead atoms. The van der Waals surface area contributed by atoms with Crippen LogP contribution in [0.15, 0.2) is 60.8 Å². The number of aromatic nitrogens is 2. The van der Waals surface area contributed by atoms with Gasteiger partial charge in [0.05, 0.1) is 17.9 Å². The van der Waals surface area contributed by atoms with Crippen LogP contribution in [0.25, 0.3) is 11.3 Å². The van der Waals surface area contributed by atoms with Gasteiger partial charge in [-0.15, -0.1) is 0 Å². The van der Waals surface area contributed by atoms with Gasteiger partial charge >= 0.3 is 0 Å². The van der Waals surface area contributed by atoms with E-state index < -0.39 is 0 Å². The number of nitrogens with zero attached hydrogens (tertiary/aromatic N) is 3. The van der Waals surface area contributed by atoms with E-state index in [-0.39, 0.29) is 18.0 Å². The van der Waals surface area contributed by atoms with Crippen LogP contribution in [0.2, 0.25) is 0 Å². The van der Waals surface area contributed by atoms with Gasteiger partial charge in [-0.1, -0.05) is 56.3 Å². The van der Waals surface area contributed by atoms with Gasteiger partial charge in [-0.05, 0) is 71.8 Å². The molecule has 0 radical (unpaired) electrons. The number of carbonyl (C=O) groups excluding carboxylic acids is 1. The summed E-state index contributed by atoms with van der Waals surface area (Å²) in [6, 6.07) is 18.3. The van der Waals surface area contributed by atoms with E-state index in [0.717, 1.165) is 55.1 Å². The van der Waals surface area contributed by atoms with E-state index >= 15 is 0 Å². The van der Waals surface area contributed by atoms with E-state index in [0.29, 0.717) is 0 Å². The Balaban J connectivity index is 1.61. The van der Waals surface area contributed by atoms with Crippen LogP contribution in [0.5, 0.6) is 0 Å². The summed E-state index contributed by atoms with van der Waals surface area (Å²) in [6.45, 7) is 6.67. The summed E-state index contributed by atoms with van der Waals surface area (Å²) in [6.07, 6.45) is 3.82. The Hall–Kier alpha value is -2.19. The van der Waals surface area contributed by atoms with Crippen molar-refractivity contribution in [3.63, 3.8) is 0 Å². The zero-order valence-corrected chi connectivity index (χ0v) is 20.2. The topological polar surface area (TPSA) is 52.2 Å². The van der Waals surface area contributed by atoms with Crippen molar-refractivity contribution in [2.24, 2.45) is 0 Å². The average molecular weight is 528 g/mol. The summed E-state index contributed by atoms with van der Waals surface area (Å²) < 4.78 is 1.21. The molecule has 0 unspecified atom stereocenters. The Morgan fingerprint density at radius 1 is 1.16 bits per heavy atom. The lowest BCUT2D eigenvalue weighted by Crippen LogP contribution is -2.43. The summed E-state index contributed by atoms with van der Waals surface area (Å²) in [5, 5.41) is 0. The van der Waals surface area contributed by atoms with Gasteiger partial charge in [-0.25, -0.2) is 4.98 Å². The number of likely N-dealkylation sites (N-methyl/N-ethyl adjacent to an activating group) is 1. The highest BCUT2D eigenvalue weighted by Gasteiger charge is 2.37. The average Bonchev–Trinajstić information content (AvgIpc) is 3.48. The molecule has 2 heterocycles. The highest BCUT2D eigenvalue weighted by Crippen LogP contribution is 2.35. The molecule has 1 fully saturated rings. The molecule has 0 aliphatic carbocycles. The number of amides is 1. The van der Waals surface area contributed by atoms with Crippen LogP contribution < -0.4 is 0 Å². The summed E-state index contributed by atoms with van der Waals surface area (Å²) >= 11 is 2.31. The van der Waals surface area contributed by atoms with Gasteiger partial charge in [0.25, 0.3) is 0 Å². The van der Waals surface area contributed by atoms with Gasteiger partial charge in [0.15, 0.2) is 0 Å². The van der Waals surface area contributed by atoms with Crippen LogP contribution in [-0.2, 0) is 4.79 Å². The molecule has 2 atom stereocenters. The van der Waals surface area contributed by atoms with E-state index in [2.05, 4.69) is 87.7 Å². The predicted octanol–water partition coefficient (Wildman–Crippen LogP) is 5.43. The summed E-state index contributed by atoms with van der Waals surface area (Å²) in [5.74, 6) is 1.05. The first-order valence-electron chi connectivity index (χ1n) is 11.0. The minimum atomic E-state index is -0.262. The molecule has 1 aliphatic rings. The van der Waals surface area contributed by atoms with Gasteiger partial charge < -0.3 is 9.88 Å². The van der Waals surface area contributed by atoms with Gasteiger partial charge in [-0.3, -0.25) is 9.69 Å². The molecule has 3 aromatic rings. The molecule has 0 spiro atoms. The zero-order valence-electron chi connectivity index (χ0n) is 18.1. The summed E-state index contributed by atoms with van der Waals surface area (Å²) in [7, 11) is 0. The number of aromatic amines is 1. The molecule has 162 valence electrons. The van der Waals surface area contributed by atoms with Crippen LogP contribution in [0.1, 0.15) is 50.2 Å². The minimum absolute atomic E-state index is 0.00753. The Morgan fingerprint density at radius 2 is 1.87 bits per heavy atom. The molecule has 1 amide bonds. The number of halogens is 1. The number of H-pyrrole nitrogens is 1. The molecule has 1 saturated heterocycles. The van der Waals surface area contributed by atoms with E-state index in [9.17, 15) is 4.79 Å². The van der Waals surface area contributed by atoms with E-state index in [1.165, 1.54) is 3.57 Å². The number of hydrogen-bond acceptors (Lipinski definition) is 3. The Kier molecular flexibility index (Phi) is 7.07. The third-order valence-corrected chi connectivity index (χ3v) is 6.85. The quantitative estimate of drug-likeness (QED) is 0.417. The lowest BCUT2D eigenvalue weighted by Gasteiger charge is -2.34. The second-order valence-corrected chi connectivity index (χ2v) is 9.16. The normalized spacial score (nSPS) is 17.3. The standard InChI is InChI=1S/C25H29IN4O/c1-3-29(4-2)23(19-9-6-5-7-10-19)25(31)30-16-8-11-22(30)24-27-17-21(28-24)18-12-14-20(26)15-13-18/h5-7,9-10,12-15,17,22-23H,3-4,8,11,16H2,1-2H3,(H,27,28)/t22-,23+/m0/s1. The van der Waals surface area contributed by atoms with Crippen molar-refractivity contribution in [3.8, 4) is 11.3 Å². The van der Waals surface area contributed by atoms with Gasteiger partial charge in [-0.2, -0.15) is 0 Å². The maximum atomic E-state index is 13.8. The fourth-order valence-corrected chi connectivity index (χ4v) is 4.85. The number of carbonyl (C=O) groups is 1. The molecular formula is C25H29IN4O. The molecule has 6 heteroatoms. The fourth-order valence-electron chi connectivity index (χ4n) is 4.49. The number of hydrogen-bond donors (Lipinski definition) is 1. The zero-order chi connectivity index (χ0) is 21.8. The number of likely N-dealkylation sites (tertiary alicyclic amines) is 1. The first kappa shape index (κ1) is 22.0. The van der Waals surface area contributed by atoms with E-state index in [1.54, 1.807) is 0 Å². The van der Waals surface area contributed by atoms with Crippen LogP contribution in [-0.4, -0.2) is 45.3 Å². The van der Waals surface area contributed by atoms with E-state index in [4.69, 9.17) is 0 Å². The van der Waals surface area contributed by atoms with Gasteiger partial charge in [0.2, 0.25) is 5.91 Å². The van der Waals surface area contributed by atoms with Crippen LogP contribution in [0.4, 0.5) is 0 Å². The fraction of sp³-hybridized carbons (Fsp3) is 0.360. The third kappa shape index (κ3) is 4.70. The maximum Gasteiger partial charge on any atom is 0.245 e. The van der Waals surface area contributed by atoms with Crippen molar-refractivity contribution in [2.45, 2.75) is 38.8 Å². The Morgan fingerprint density at radius 3 is 2.55 bits per heavy atom. The molecule has 2 aromatic carbocycles. The van der Waals surface area contributed by atoms with Gasteiger partial charge in [0, 0.05) is 10.1 Å². The summed E-state index contributed by atoms with van der Waals surface area (Å²) in [4.78, 5) is 26.3. The van der Waals surface area contributed by atoms with Crippen LogP contribution >= 0.6 is 22.6 Å². The monoisotopic (exact) mass is 528 g/mol. The van der Waals surface area contributed by atoms with Crippen molar-refractivity contribution in [2.75, 3.05) is 19.6 Å². The van der Waals surface area contributed by atoms with Crippen molar-refractivity contribution in [1.29, 1.82) is 0 Å². The molecule has 1 aliphatic heterocycles. The molecule has 4 rings (SSSR count). The second-order valence-electron chi connectivity index (χ2n) is 7.91. The summed E-state index contributed by atoms with van der Waals surface area (Å²) in [5.41, 5.74) is 3.16. The lowest BCUT2D eigenvalue weighted by molar-refractivity contribution is -0.138. The molecule has 31 heavy (non-hydrogen) atoms. The number of benzene rings is 2. The van der Waals surface area contributed by atoms with E-state index in [1.807, 2.05) is 29.3 Å². The van der Waals surface area contributed by atoms with Crippen molar-refractivity contribution >= 4 is 28.5 Å². The first-order chi connectivity index (χ1) is 15.1. The molecular weight excluding hydrogens is 499 g/mol. The van der Waals surface area contributed by atoms with Gasteiger partial charge in [0.1, 0.15) is 11.9 Å². The number of nitrogens with one attached hydrogen (secondary N) is 1. The Labute approximate surface area is 198 Å². The number of imidazole rings is 1. The highest BCUT2D eigenvalue weighted by molar-refractivity contribution is 14.1. The number of rotatable bonds is 7.